The van der Waals surface area contributed by atoms with E-state index in [1.54, 1.807) is 18.3 Å². The molecule has 3 nitrogen and oxygen atoms in total. The molecule has 3 rings (SSSR count). The maximum Gasteiger partial charge on any atom is 0.136 e. The Morgan fingerprint density at radius 1 is 1.00 bits per heavy atom. The molecule has 0 aliphatic heterocycles. The standard InChI is InChI=1S/C17H12NO2.Y/c1-12-13(11-19)5-4-8-16(12)20-17-9-10-18-15-7-3-2-6-14(15)17;/h2-10H,1H3;/q-1;. The fraction of sp³-hybridized carbons (Fsp3) is 0.0588. The van der Waals surface area contributed by atoms with Crippen LogP contribution in [0.15, 0.2) is 54.7 Å². The summed E-state index contributed by atoms with van der Waals surface area (Å²) in [5, 5.41) is 0.940. The number of pyridine rings is 1. The largest absolute Gasteiger partial charge is 0.469 e. The van der Waals surface area contributed by atoms with E-state index in [4.69, 9.17) is 4.74 Å². The van der Waals surface area contributed by atoms with Crippen molar-refractivity contribution in [2.45, 2.75) is 6.92 Å². The Morgan fingerprint density at radius 2 is 1.81 bits per heavy atom. The molecule has 0 saturated carbocycles. The van der Waals surface area contributed by atoms with E-state index in [1.165, 1.54) is 0 Å². The number of hydrogen-bond donors (Lipinski definition) is 0. The van der Waals surface area contributed by atoms with E-state index in [1.807, 2.05) is 49.6 Å². The first-order chi connectivity index (χ1) is 9.79. The molecule has 3 aromatic rings. The van der Waals surface area contributed by atoms with Crippen molar-refractivity contribution in [2.24, 2.45) is 0 Å². The smallest absolute Gasteiger partial charge is 0.136 e. The van der Waals surface area contributed by atoms with Crippen LogP contribution in [0.1, 0.15) is 11.1 Å². The molecule has 0 unspecified atom stereocenters. The van der Waals surface area contributed by atoms with Gasteiger partial charge in [-0.1, -0.05) is 19.1 Å². The van der Waals surface area contributed by atoms with Crippen molar-refractivity contribution in [1.29, 1.82) is 0 Å². The third-order valence-corrected chi connectivity index (χ3v) is 3.22. The Bertz CT molecular complexity index is 781. The maximum absolute atomic E-state index is 10.9. The van der Waals surface area contributed by atoms with Crippen molar-refractivity contribution in [3.63, 3.8) is 0 Å². The van der Waals surface area contributed by atoms with Gasteiger partial charge in [0.25, 0.3) is 0 Å². The van der Waals surface area contributed by atoms with Crippen molar-refractivity contribution in [3.8, 4) is 11.5 Å². The first-order valence-corrected chi connectivity index (χ1v) is 6.29. The minimum absolute atomic E-state index is 0. The maximum atomic E-state index is 10.9. The quantitative estimate of drug-likeness (QED) is 0.674. The number of benzene rings is 2. The van der Waals surface area contributed by atoms with Crippen LogP contribution in [-0.2, 0) is 37.5 Å². The molecule has 0 N–H and O–H groups in total. The number of ether oxygens (including phenoxy) is 1. The molecule has 2 aromatic carbocycles. The van der Waals surface area contributed by atoms with Gasteiger partial charge in [0.05, 0.1) is 17.6 Å². The Labute approximate surface area is 148 Å². The summed E-state index contributed by atoms with van der Waals surface area (Å²) in [5.41, 5.74) is 2.17. The van der Waals surface area contributed by atoms with Crippen LogP contribution in [0.25, 0.3) is 10.9 Å². The third-order valence-electron chi connectivity index (χ3n) is 3.22. The third kappa shape index (κ3) is 3.20. The van der Waals surface area contributed by atoms with Gasteiger partial charge in [0, 0.05) is 44.3 Å². The second-order valence-corrected chi connectivity index (χ2v) is 4.46. The normalized spacial score (nSPS) is 9.95. The molecule has 21 heavy (non-hydrogen) atoms. The van der Waals surface area contributed by atoms with Gasteiger partial charge in [-0.15, -0.1) is 17.2 Å². The van der Waals surface area contributed by atoms with Crippen LogP contribution in [0.5, 0.6) is 11.5 Å². The molecular weight excluding hydrogens is 339 g/mol. The summed E-state index contributed by atoms with van der Waals surface area (Å²) in [6.45, 7) is 1.85. The van der Waals surface area contributed by atoms with E-state index in [9.17, 15) is 4.79 Å². The van der Waals surface area contributed by atoms with E-state index < -0.39 is 0 Å². The van der Waals surface area contributed by atoms with E-state index >= 15 is 0 Å². The molecule has 4 heteroatoms. The molecule has 0 amide bonds. The summed E-state index contributed by atoms with van der Waals surface area (Å²) in [4.78, 5) is 15.2. The van der Waals surface area contributed by atoms with Crippen LogP contribution in [0.2, 0.25) is 0 Å². The number of hydrogen-bond acceptors (Lipinski definition) is 3. The molecule has 1 heterocycles. The van der Waals surface area contributed by atoms with Crippen molar-refractivity contribution in [2.75, 3.05) is 0 Å². The van der Waals surface area contributed by atoms with Crippen molar-refractivity contribution in [3.05, 3.63) is 65.9 Å². The second-order valence-electron chi connectivity index (χ2n) is 4.46. The van der Waals surface area contributed by atoms with Gasteiger partial charge in [0.15, 0.2) is 0 Å². The molecule has 101 valence electrons. The molecular formula is C17H12NO2Y-. The topological polar surface area (TPSA) is 39.2 Å². The van der Waals surface area contributed by atoms with Crippen LogP contribution < -0.4 is 4.74 Å². The fourth-order valence-corrected chi connectivity index (χ4v) is 2.11. The van der Waals surface area contributed by atoms with Crippen molar-refractivity contribution >= 4 is 17.2 Å². The number of fused-ring (bicyclic) bond motifs is 1. The molecule has 0 fully saturated rings. The van der Waals surface area contributed by atoms with E-state index in [-0.39, 0.29) is 32.7 Å². The van der Waals surface area contributed by atoms with Crippen LogP contribution in [0.3, 0.4) is 0 Å². The van der Waals surface area contributed by atoms with Gasteiger partial charge in [-0.05, 0) is 24.3 Å². The number of para-hydroxylation sites is 1. The van der Waals surface area contributed by atoms with Crippen molar-refractivity contribution in [1.82, 2.24) is 4.98 Å². The molecule has 0 spiro atoms. The minimum atomic E-state index is 0. The zero-order valence-electron chi connectivity index (χ0n) is 11.5. The molecule has 1 radical (unpaired) electrons. The number of carbonyl (C=O) groups excluding carboxylic acids is 1. The van der Waals surface area contributed by atoms with Gasteiger partial charge < -0.3 is 9.53 Å². The van der Waals surface area contributed by atoms with E-state index in [0.29, 0.717) is 11.3 Å². The summed E-state index contributed by atoms with van der Waals surface area (Å²) in [6, 6.07) is 14.9. The first-order valence-electron chi connectivity index (χ1n) is 6.29. The minimum Gasteiger partial charge on any atom is -0.469 e. The summed E-state index contributed by atoms with van der Waals surface area (Å²) >= 11 is 0. The fourth-order valence-electron chi connectivity index (χ4n) is 2.11. The van der Waals surface area contributed by atoms with E-state index in [0.717, 1.165) is 22.2 Å². The number of nitrogens with zero attached hydrogens (tertiary/aromatic N) is 1. The Balaban J connectivity index is 0.00000161. The number of rotatable bonds is 3. The molecule has 0 bridgehead atoms. The van der Waals surface area contributed by atoms with E-state index in [2.05, 4.69) is 4.98 Å². The Hall–Kier alpha value is -1.58. The summed E-state index contributed by atoms with van der Waals surface area (Å²) in [7, 11) is 0. The van der Waals surface area contributed by atoms with Gasteiger partial charge >= 0.3 is 0 Å². The molecule has 0 aliphatic rings. The predicted molar refractivity (Wildman–Crippen MR) is 77.8 cm³/mol. The molecule has 0 saturated heterocycles. The summed E-state index contributed by atoms with van der Waals surface area (Å²) < 4.78 is 5.95. The van der Waals surface area contributed by atoms with Gasteiger partial charge in [0.2, 0.25) is 0 Å². The van der Waals surface area contributed by atoms with Crippen LogP contribution >= 0.6 is 0 Å². The molecule has 0 atom stereocenters. The SMILES string of the molecule is Cc1c([C-]=O)cccc1Oc1ccnc2ccccc12.[Y]. The second kappa shape index (κ2) is 6.92. The first kappa shape index (κ1) is 15.8. The van der Waals surface area contributed by atoms with Crippen molar-refractivity contribution < 1.29 is 42.2 Å². The monoisotopic (exact) mass is 351 g/mol. The number of aromatic nitrogens is 1. The summed E-state index contributed by atoms with van der Waals surface area (Å²) in [6.07, 6.45) is 3.63. The van der Waals surface area contributed by atoms with Gasteiger partial charge in [-0.25, -0.2) is 0 Å². The van der Waals surface area contributed by atoms with Gasteiger partial charge in [-0.2, -0.15) is 6.07 Å². The predicted octanol–water partition coefficient (Wildman–Crippen LogP) is 3.79. The Morgan fingerprint density at radius 3 is 2.62 bits per heavy atom. The van der Waals surface area contributed by atoms with Crippen LogP contribution in [-0.4, -0.2) is 11.3 Å². The molecule has 1 aromatic heterocycles. The average Bonchev–Trinajstić information content (AvgIpc) is 2.50. The average molecular weight is 351 g/mol. The van der Waals surface area contributed by atoms with Crippen LogP contribution in [0.4, 0.5) is 0 Å². The Kier molecular flexibility index (Phi) is 5.21. The van der Waals surface area contributed by atoms with Crippen LogP contribution in [0, 0.1) is 6.92 Å². The summed E-state index contributed by atoms with van der Waals surface area (Å²) in [5.74, 6) is 1.38. The zero-order chi connectivity index (χ0) is 13.9. The zero-order valence-corrected chi connectivity index (χ0v) is 14.4. The van der Waals surface area contributed by atoms with Gasteiger partial charge in [-0.3, -0.25) is 4.98 Å². The molecule has 0 aliphatic carbocycles. The van der Waals surface area contributed by atoms with Gasteiger partial charge in [0.1, 0.15) is 5.75 Å².